The summed E-state index contributed by atoms with van der Waals surface area (Å²) in [6.45, 7) is 4.95. The molecule has 0 heterocycles. The number of benzene rings is 3. The zero-order chi connectivity index (χ0) is 22.8. The van der Waals surface area contributed by atoms with Crippen LogP contribution in [-0.2, 0) is 6.61 Å². The van der Waals surface area contributed by atoms with Crippen molar-refractivity contribution in [1.29, 1.82) is 0 Å². The number of nitrogens with zero attached hydrogens (tertiary/aromatic N) is 1. The SMILES string of the molecule is CCOc1ccc(C(=O)N/N=C/c2cccc(OCc3cccc(F)c3)c2)cc1OCC. The van der Waals surface area contributed by atoms with E-state index in [-0.39, 0.29) is 18.3 Å². The predicted octanol–water partition coefficient (Wildman–Crippen LogP) is 4.97. The van der Waals surface area contributed by atoms with Gasteiger partial charge in [0.15, 0.2) is 11.5 Å². The van der Waals surface area contributed by atoms with E-state index in [9.17, 15) is 9.18 Å². The van der Waals surface area contributed by atoms with Gasteiger partial charge in [0, 0.05) is 5.56 Å². The second kappa shape index (κ2) is 11.5. The topological polar surface area (TPSA) is 69.2 Å². The third-order valence-corrected chi connectivity index (χ3v) is 4.34. The Labute approximate surface area is 186 Å². The smallest absolute Gasteiger partial charge is 0.271 e. The Bertz CT molecular complexity index is 1090. The number of rotatable bonds is 10. The van der Waals surface area contributed by atoms with Crippen molar-refractivity contribution in [2.75, 3.05) is 13.2 Å². The summed E-state index contributed by atoms with van der Waals surface area (Å²) in [6.07, 6.45) is 1.52. The monoisotopic (exact) mass is 436 g/mol. The Morgan fingerprint density at radius 2 is 1.72 bits per heavy atom. The van der Waals surface area contributed by atoms with Gasteiger partial charge in [-0.25, -0.2) is 9.82 Å². The summed E-state index contributed by atoms with van der Waals surface area (Å²) in [4.78, 5) is 12.4. The average Bonchev–Trinajstić information content (AvgIpc) is 2.79. The van der Waals surface area contributed by atoms with Gasteiger partial charge in [0.25, 0.3) is 5.91 Å². The summed E-state index contributed by atoms with van der Waals surface area (Å²) in [5.74, 6) is 1.03. The van der Waals surface area contributed by atoms with Crippen LogP contribution in [0.25, 0.3) is 0 Å². The standard InChI is InChI=1S/C25H25FN2O4/c1-3-30-23-12-11-20(15-24(23)31-4-2)25(29)28-27-16-18-7-6-10-22(14-18)32-17-19-8-5-9-21(26)13-19/h5-16H,3-4,17H2,1-2H3,(H,28,29)/b27-16+. The highest BCUT2D eigenvalue weighted by molar-refractivity contribution is 5.95. The number of halogens is 1. The van der Waals surface area contributed by atoms with Crippen LogP contribution in [0.5, 0.6) is 17.2 Å². The van der Waals surface area contributed by atoms with Crippen LogP contribution in [0.4, 0.5) is 4.39 Å². The molecule has 6 nitrogen and oxygen atoms in total. The van der Waals surface area contributed by atoms with Crippen molar-refractivity contribution in [3.63, 3.8) is 0 Å². The first-order chi connectivity index (χ1) is 15.6. The van der Waals surface area contributed by atoms with Crippen LogP contribution in [-0.4, -0.2) is 25.3 Å². The van der Waals surface area contributed by atoms with Crippen molar-refractivity contribution in [3.05, 3.63) is 89.2 Å². The molecular formula is C25H25FN2O4. The molecule has 0 saturated carbocycles. The van der Waals surface area contributed by atoms with Gasteiger partial charge in [0.1, 0.15) is 18.2 Å². The van der Waals surface area contributed by atoms with E-state index >= 15 is 0 Å². The van der Waals surface area contributed by atoms with Gasteiger partial charge in [-0.1, -0.05) is 24.3 Å². The van der Waals surface area contributed by atoms with Crippen molar-refractivity contribution in [2.45, 2.75) is 20.5 Å². The predicted molar refractivity (Wildman–Crippen MR) is 121 cm³/mol. The molecule has 0 spiro atoms. The fourth-order valence-corrected chi connectivity index (χ4v) is 2.90. The largest absolute Gasteiger partial charge is 0.490 e. The first-order valence-corrected chi connectivity index (χ1v) is 10.3. The Morgan fingerprint density at radius 3 is 2.50 bits per heavy atom. The molecule has 0 aliphatic heterocycles. The van der Waals surface area contributed by atoms with E-state index in [1.54, 1.807) is 42.5 Å². The molecule has 0 fully saturated rings. The van der Waals surface area contributed by atoms with Crippen molar-refractivity contribution in [3.8, 4) is 17.2 Å². The molecule has 1 N–H and O–H groups in total. The normalized spacial score (nSPS) is 10.7. The quantitative estimate of drug-likeness (QED) is 0.360. The molecule has 1 amide bonds. The maximum atomic E-state index is 13.3. The summed E-state index contributed by atoms with van der Waals surface area (Å²) >= 11 is 0. The first-order valence-electron chi connectivity index (χ1n) is 10.3. The molecule has 0 atom stereocenters. The Balaban J connectivity index is 1.60. The van der Waals surface area contributed by atoms with Gasteiger partial charge < -0.3 is 14.2 Å². The van der Waals surface area contributed by atoms with Crippen LogP contribution < -0.4 is 19.6 Å². The minimum absolute atomic E-state index is 0.245. The van der Waals surface area contributed by atoms with Crippen molar-refractivity contribution >= 4 is 12.1 Å². The Kier molecular flexibility index (Phi) is 8.20. The second-order valence-corrected chi connectivity index (χ2v) is 6.72. The molecule has 32 heavy (non-hydrogen) atoms. The first kappa shape index (κ1) is 22.8. The van der Waals surface area contributed by atoms with E-state index in [0.717, 1.165) is 11.1 Å². The van der Waals surface area contributed by atoms with E-state index in [4.69, 9.17) is 14.2 Å². The Hall–Kier alpha value is -3.87. The van der Waals surface area contributed by atoms with Gasteiger partial charge in [-0.15, -0.1) is 0 Å². The van der Waals surface area contributed by atoms with Gasteiger partial charge in [-0.05, 0) is 67.4 Å². The Morgan fingerprint density at radius 1 is 0.938 bits per heavy atom. The van der Waals surface area contributed by atoms with E-state index < -0.39 is 0 Å². The maximum Gasteiger partial charge on any atom is 0.271 e. The van der Waals surface area contributed by atoms with Crippen molar-refractivity contribution < 1.29 is 23.4 Å². The lowest BCUT2D eigenvalue weighted by molar-refractivity contribution is 0.0954. The molecule has 0 radical (unpaired) electrons. The van der Waals surface area contributed by atoms with E-state index in [1.165, 1.54) is 18.3 Å². The second-order valence-electron chi connectivity index (χ2n) is 6.72. The summed E-state index contributed by atoms with van der Waals surface area (Å²) in [6, 6.07) is 18.4. The molecule has 0 unspecified atom stereocenters. The van der Waals surface area contributed by atoms with E-state index in [1.807, 2.05) is 26.0 Å². The van der Waals surface area contributed by atoms with Crippen LogP contribution in [0.1, 0.15) is 35.3 Å². The number of hydrogen-bond donors (Lipinski definition) is 1. The van der Waals surface area contributed by atoms with Crippen LogP contribution in [0, 0.1) is 5.82 Å². The number of nitrogens with one attached hydrogen (secondary N) is 1. The zero-order valence-electron chi connectivity index (χ0n) is 18.0. The third kappa shape index (κ3) is 6.57. The highest BCUT2D eigenvalue weighted by Crippen LogP contribution is 2.28. The lowest BCUT2D eigenvalue weighted by atomic mass is 10.2. The molecule has 7 heteroatoms. The number of amides is 1. The molecule has 0 saturated heterocycles. The fraction of sp³-hybridized carbons (Fsp3) is 0.200. The van der Waals surface area contributed by atoms with Gasteiger partial charge in [0.05, 0.1) is 19.4 Å². The van der Waals surface area contributed by atoms with Crippen molar-refractivity contribution in [1.82, 2.24) is 5.43 Å². The van der Waals surface area contributed by atoms with Gasteiger partial charge in [-0.2, -0.15) is 5.10 Å². The number of carbonyl (C=O) groups is 1. The fourth-order valence-electron chi connectivity index (χ4n) is 2.90. The third-order valence-electron chi connectivity index (χ3n) is 4.34. The number of hydrazone groups is 1. The lowest BCUT2D eigenvalue weighted by Crippen LogP contribution is -2.17. The molecule has 3 aromatic rings. The molecule has 0 aromatic heterocycles. The summed E-state index contributed by atoms with van der Waals surface area (Å²) < 4.78 is 30.1. The lowest BCUT2D eigenvalue weighted by Gasteiger charge is -2.11. The van der Waals surface area contributed by atoms with Gasteiger partial charge in [-0.3, -0.25) is 4.79 Å². The minimum atomic E-state index is -0.372. The highest BCUT2D eigenvalue weighted by Gasteiger charge is 2.11. The number of ether oxygens (including phenoxy) is 3. The van der Waals surface area contributed by atoms with Gasteiger partial charge >= 0.3 is 0 Å². The van der Waals surface area contributed by atoms with Gasteiger partial charge in [0.2, 0.25) is 0 Å². The molecule has 3 rings (SSSR count). The maximum absolute atomic E-state index is 13.3. The van der Waals surface area contributed by atoms with Crippen LogP contribution in [0.2, 0.25) is 0 Å². The molecule has 3 aromatic carbocycles. The number of carbonyl (C=O) groups excluding carboxylic acids is 1. The van der Waals surface area contributed by atoms with Crippen LogP contribution in [0.3, 0.4) is 0 Å². The molecular weight excluding hydrogens is 411 g/mol. The molecule has 0 aliphatic carbocycles. The zero-order valence-corrected chi connectivity index (χ0v) is 18.0. The van der Waals surface area contributed by atoms with Crippen molar-refractivity contribution in [2.24, 2.45) is 5.10 Å². The van der Waals surface area contributed by atoms with E-state index in [2.05, 4.69) is 10.5 Å². The van der Waals surface area contributed by atoms with Crippen LogP contribution in [0.15, 0.2) is 71.8 Å². The van der Waals surface area contributed by atoms with Crippen LogP contribution >= 0.6 is 0 Å². The summed E-state index contributed by atoms with van der Waals surface area (Å²) in [7, 11) is 0. The molecule has 0 bridgehead atoms. The minimum Gasteiger partial charge on any atom is -0.490 e. The highest BCUT2D eigenvalue weighted by atomic mass is 19.1. The average molecular weight is 436 g/mol. The summed E-state index contributed by atoms with van der Waals surface area (Å²) in [5.41, 5.74) is 4.38. The summed E-state index contributed by atoms with van der Waals surface area (Å²) in [5, 5.41) is 4.02. The van der Waals surface area contributed by atoms with E-state index in [0.29, 0.717) is 36.0 Å². The number of hydrogen-bond acceptors (Lipinski definition) is 5. The molecule has 0 aliphatic rings. The molecule has 166 valence electrons.